The number of aliphatic hydroxyl groups is 1. The Morgan fingerprint density at radius 3 is 2.62 bits per heavy atom. The molecule has 0 unspecified atom stereocenters. The summed E-state index contributed by atoms with van der Waals surface area (Å²) in [6.45, 7) is 4.39. The quantitative estimate of drug-likeness (QED) is 0.785. The van der Waals surface area contributed by atoms with Crippen LogP contribution in [0.1, 0.15) is 21.5 Å². The minimum absolute atomic E-state index is 0.00227. The summed E-state index contributed by atoms with van der Waals surface area (Å²) in [5.74, 6) is 0.00227. The second-order valence-corrected chi connectivity index (χ2v) is 4.58. The Hall–Kier alpha value is -1.19. The molecular weight excluding hydrogens is 204 g/mol. The zero-order valence-corrected chi connectivity index (χ0v) is 9.62. The third kappa shape index (κ3) is 1.66. The van der Waals surface area contributed by atoms with Crippen LogP contribution >= 0.6 is 0 Å². The lowest BCUT2D eigenvalue weighted by Crippen LogP contribution is -2.52. The predicted octanol–water partition coefficient (Wildman–Crippen LogP) is 1.50. The lowest BCUT2D eigenvalue weighted by atomic mass is 9.78. The molecule has 2 rings (SSSR count). The van der Waals surface area contributed by atoms with Crippen molar-refractivity contribution < 1.29 is 14.6 Å². The first-order chi connectivity index (χ1) is 7.59. The fraction of sp³-hybridized carbons (Fsp3) is 0.462. The van der Waals surface area contributed by atoms with E-state index in [-0.39, 0.29) is 12.4 Å². The molecule has 0 atom stereocenters. The van der Waals surface area contributed by atoms with Crippen molar-refractivity contribution in [2.45, 2.75) is 13.8 Å². The van der Waals surface area contributed by atoms with E-state index in [0.717, 1.165) is 11.1 Å². The summed E-state index contributed by atoms with van der Waals surface area (Å²) < 4.78 is 5.06. The van der Waals surface area contributed by atoms with Gasteiger partial charge in [0.1, 0.15) is 5.41 Å². The Morgan fingerprint density at radius 1 is 1.44 bits per heavy atom. The molecule has 0 saturated carbocycles. The lowest BCUT2D eigenvalue weighted by Gasteiger charge is -2.38. The maximum Gasteiger partial charge on any atom is 0.176 e. The number of Topliss-reactive ketones (excluding diaryl/α,β-unsaturated/α-hetero) is 1. The number of hydrogen-bond donors (Lipinski definition) is 1. The molecule has 0 spiro atoms. The van der Waals surface area contributed by atoms with Gasteiger partial charge < -0.3 is 9.84 Å². The van der Waals surface area contributed by atoms with Gasteiger partial charge in [-0.05, 0) is 25.5 Å². The summed E-state index contributed by atoms with van der Waals surface area (Å²) in [7, 11) is 0. The molecule has 1 saturated heterocycles. The Bertz CT molecular complexity index is 414. The van der Waals surface area contributed by atoms with Crippen molar-refractivity contribution in [2.24, 2.45) is 5.41 Å². The van der Waals surface area contributed by atoms with Crippen LogP contribution in [-0.2, 0) is 4.74 Å². The topological polar surface area (TPSA) is 46.5 Å². The first-order valence-electron chi connectivity index (χ1n) is 5.40. The summed E-state index contributed by atoms with van der Waals surface area (Å²) in [5.41, 5.74) is 2.02. The van der Waals surface area contributed by atoms with E-state index in [1.807, 2.05) is 32.0 Å². The monoisotopic (exact) mass is 220 g/mol. The van der Waals surface area contributed by atoms with Crippen LogP contribution in [0.4, 0.5) is 0 Å². The molecule has 1 aromatic rings. The number of aliphatic hydroxyl groups excluding tert-OH is 1. The Morgan fingerprint density at radius 2 is 2.12 bits per heavy atom. The second kappa shape index (κ2) is 4.00. The van der Waals surface area contributed by atoms with Gasteiger partial charge in [-0.1, -0.05) is 17.7 Å². The van der Waals surface area contributed by atoms with Crippen molar-refractivity contribution in [3.63, 3.8) is 0 Å². The van der Waals surface area contributed by atoms with Crippen LogP contribution in [0.2, 0.25) is 0 Å². The Kier molecular flexibility index (Phi) is 2.82. The van der Waals surface area contributed by atoms with Crippen molar-refractivity contribution in [1.82, 2.24) is 0 Å². The number of carbonyl (C=O) groups excluding carboxylic acids is 1. The number of hydrogen-bond acceptors (Lipinski definition) is 3. The van der Waals surface area contributed by atoms with E-state index in [9.17, 15) is 9.90 Å². The van der Waals surface area contributed by atoms with Crippen LogP contribution < -0.4 is 0 Å². The van der Waals surface area contributed by atoms with Gasteiger partial charge in [-0.2, -0.15) is 0 Å². The number of ether oxygens (including phenoxy) is 1. The minimum atomic E-state index is -0.696. The average molecular weight is 220 g/mol. The highest BCUT2D eigenvalue weighted by molar-refractivity contribution is 6.02. The maximum absolute atomic E-state index is 12.3. The third-order valence-corrected chi connectivity index (χ3v) is 3.18. The van der Waals surface area contributed by atoms with Crippen molar-refractivity contribution >= 4 is 5.78 Å². The lowest BCUT2D eigenvalue weighted by molar-refractivity contribution is -0.109. The first kappa shape index (κ1) is 11.3. The highest BCUT2D eigenvalue weighted by Gasteiger charge is 2.45. The maximum atomic E-state index is 12.3. The van der Waals surface area contributed by atoms with Gasteiger partial charge in [-0.25, -0.2) is 0 Å². The number of aryl methyl sites for hydroxylation is 2. The van der Waals surface area contributed by atoms with Gasteiger partial charge in [-0.3, -0.25) is 4.79 Å². The number of ketones is 1. The molecule has 86 valence electrons. The fourth-order valence-electron chi connectivity index (χ4n) is 1.91. The Labute approximate surface area is 95.0 Å². The van der Waals surface area contributed by atoms with Crippen molar-refractivity contribution in [3.05, 3.63) is 34.9 Å². The molecule has 1 fully saturated rings. The zero-order valence-electron chi connectivity index (χ0n) is 9.62. The SMILES string of the molecule is Cc1ccc(C)c(C(=O)C2(CO)COC2)c1. The molecule has 16 heavy (non-hydrogen) atoms. The summed E-state index contributed by atoms with van der Waals surface area (Å²) >= 11 is 0. The smallest absolute Gasteiger partial charge is 0.176 e. The third-order valence-electron chi connectivity index (χ3n) is 3.18. The van der Waals surface area contributed by atoms with E-state index in [2.05, 4.69) is 0 Å². The van der Waals surface area contributed by atoms with Gasteiger partial charge in [0.05, 0.1) is 19.8 Å². The van der Waals surface area contributed by atoms with Gasteiger partial charge in [-0.15, -0.1) is 0 Å². The summed E-state index contributed by atoms with van der Waals surface area (Å²) in [6.07, 6.45) is 0. The van der Waals surface area contributed by atoms with Crippen molar-refractivity contribution in [2.75, 3.05) is 19.8 Å². The molecule has 3 nitrogen and oxygen atoms in total. The average Bonchev–Trinajstić information content (AvgIpc) is 2.21. The van der Waals surface area contributed by atoms with Crippen LogP contribution in [0, 0.1) is 19.3 Å². The molecule has 0 amide bonds. The Balaban J connectivity index is 2.37. The van der Waals surface area contributed by atoms with Crippen molar-refractivity contribution in [1.29, 1.82) is 0 Å². The molecule has 1 aliphatic rings. The first-order valence-corrected chi connectivity index (χ1v) is 5.40. The molecule has 1 aromatic carbocycles. The highest BCUT2D eigenvalue weighted by atomic mass is 16.5. The fourth-order valence-corrected chi connectivity index (χ4v) is 1.91. The van der Waals surface area contributed by atoms with E-state index in [1.165, 1.54) is 0 Å². The molecule has 3 heteroatoms. The number of benzene rings is 1. The van der Waals surface area contributed by atoms with Crippen LogP contribution in [0.5, 0.6) is 0 Å². The summed E-state index contributed by atoms with van der Waals surface area (Å²) in [5, 5.41) is 9.33. The second-order valence-electron chi connectivity index (χ2n) is 4.58. The van der Waals surface area contributed by atoms with E-state index in [0.29, 0.717) is 18.8 Å². The van der Waals surface area contributed by atoms with Crippen LogP contribution in [0.3, 0.4) is 0 Å². The van der Waals surface area contributed by atoms with Crippen LogP contribution in [0.15, 0.2) is 18.2 Å². The van der Waals surface area contributed by atoms with E-state index < -0.39 is 5.41 Å². The number of carbonyl (C=O) groups is 1. The van der Waals surface area contributed by atoms with E-state index in [4.69, 9.17) is 4.74 Å². The van der Waals surface area contributed by atoms with E-state index >= 15 is 0 Å². The van der Waals surface area contributed by atoms with Crippen molar-refractivity contribution in [3.8, 4) is 0 Å². The molecule has 0 aromatic heterocycles. The standard InChI is InChI=1S/C13H16O3/c1-9-3-4-10(2)11(5-9)12(15)13(6-14)7-16-8-13/h3-5,14H,6-8H2,1-2H3. The molecule has 0 radical (unpaired) electrons. The largest absolute Gasteiger partial charge is 0.395 e. The minimum Gasteiger partial charge on any atom is -0.395 e. The normalized spacial score (nSPS) is 17.9. The molecule has 1 heterocycles. The molecule has 0 aliphatic carbocycles. The highest BCUT2D eigenvalue weighted by Crippen LogP contribution is 2.32. The van der Waals surface area contributed by atoms with E-state index in [1.54, 1.807) is 0 Å². The molecule has 1 N–H and O–H groups in total. The predicted molar refractivity (Wildman–Crippen MR) is 60.6 cm³/mol. The summed E-state index contributed by atoms with van der Waals surface area (Å²) in [4.78, 5) is 12.3. The van der Waals surface area contributed by atoms with Gasteiger partial charge >= 0.3 is 0 Å². The van der Waals surface area contributed by atoms with Gasteiger partial charge in [0.15, 0.2) is 5.78 Å². The van der Waals surface area contributed by atoms with Crippen LogP contribution in [-0.4, -0.2) is 30.7 Å². The molecule has 1 aliphatic heterocycles. The van der Waals surface area contributed by atoms with Gasteiger partial charge in [0.2, 0.25) is 0 Å². The molecule has 0 bridgehead atoms. The van der Waals surface area contributed by atoms with Gasteiger partial charge in [0, 0.05) is 5.56 Å². The van der Waals surface area contributed by atoms with Gasteiger partial charge in [0.25, 0.3) is 0 Å². The van der Waals surface area contributed by atoms with Crippen LogP contribution in [0.25, 0.3) is 0 Å². The number of rotatable bonds is 3. The zero-order chi connectivity index (χ0) is 11.8. The summed E-state index contributed by atoms with van der Waals surface area (Å²) in [6, 6.07) is 5.80. The molecular formula is C13H16O3.